The number of anilines is 1. The van der Waals surface area contributed by atoms with Gasteiger partial charge in [0, 0.05) is 50.1 Å². The molecule has 0 aliphatic carbocycles. The maximum absolute atomic E-state index is 12.3. The number of nitro benzene ring substituents is 1. The highest BCUT2D eigenvalue weighted by molar-refractivity contribution is 5.92. The zero-order chi connectivity index (χ0) is 18.5. The molecule has 0 saturated carbocycles. The van der Waals surface area contributed by atoms with Crippen LogP contribution in [-0.2, 0) is 4.79 Å². The fraction of sp³-hybridized carbons (Fsp3) is 0.211. The number of nitrogens with zero attached hydrogens (tertiary/aromatic N) is 3. The van der Waals surface area contributed by atoms with Crippen LogP contribution in [0.15, 0.2) is 54.6 Å². The number of hydrogen-bond donors (Lipinski definition) is 1. The van der Waals surface area contributed by atoms with Crippen molar-refractivity contribution in [1.82, 2.24) is 4.90 Å². The van der Waals surface area contributed by atoms with E-state index in [1.54, 1.807) is 35.2 Å². The van der Waals surface area contributed by atoms with E-state index in [4.69, 9.17) is 0 Å². The highest BCUT2D eigenvalue weighted by atomic mass is 16.6. The van der Waals surface area contributed by atoms with E-state index in [1.165, 1.54) is 18.2 Å². The fourth-order valence-electron chi connectivity index (χ4n) is 2.83. The van der Waals surface area contributed by atoms with Crippen molar-refractivity contribution in [2.24, 2.45) is 0 Å². The molecule has 1 saturated heterocycles. The Bertz CT molecular complexity index is 808. The monoisotopic (exact) mass is 353 g/mol. The summed E-state index contributed by atoms with van der Waals surface area (Å²) >= 11 is 0. The first kappa shape index (κ1) is 17.5. The molecule has 0 atom stereocenters. The van der Waals surface area contributed by atoms with Crippen molar-refractivity contribution in [3.05, 3.63) is 70.3 Å². The van der Waals surface area contributed by atoms with Crippen LogP contribution in [0, 0.1) is 10.1 Å². The number of carbonyl (C=O) groups is 1. The van der Waals surface area contributed by atoms with Crippen LogP contribution in [0.3, 0.4) is 0 Å². The summed E-state index contributed by atoms with van der Waals surface area (Å²) in [5.74, 6) is 0.160. The lowest BCUT2D eigenvalue weighted by Gasteiger charge is -2.35. The Balaban J connectivity index is 1.54. The molecule has 1 aliphatic rings. The van der Waals surface area contributed by atoms with Crippen LogP contribution in [0.4, 0.5) is 11.4 Å². The van der Waals surface area contributed by atoms with Crippen molar-refractivity contribution in [2.45, 2.75) is 0 Å². The molecule has 0 spiro atoms. The van der Waals surface area contributed by atoms with Gasteiger partial charge in [-0.05, 0) is 48.0 Å². The third-order valence-electron chi connectivity index (χ3n) is 4.33. The summed E-state index contributed by atoms with van der Waals surface area (Å²) in [6, 6.07) is 13.1. The molecule has 7 nitrogen and oxygen atoms in total. The molecule has 0 aromatic heterocycles. The molecule has 0 radical (unpaired) electrons. The largest absolute Gasteiger partial charge is 0.508 e. The van der Waals surface area contributed by atoms with Gasteiger partial charge in [-0.15, -0.1) is 0 Å². The number of phenols is 1. The Morgan fingerprint density at radius 2 is 1.62 bits per heavy atom. The van der Waals surface area contributed by atoms with Crippen LogP contribution < -0.4 is 4.90 Å². The first-order chi connectivity index (χ1) is 12.5. The van der Waals surface area contributed by atoms with Gasteiger partial charge in [0.25, 0.3) is 5.69 Å². The third-order valence-corrected chi connectivity index (χ3v) is 4.33. The molecule has 1 fully saturated rings. The van der Waals surface area contributed by atoms with Crippen LogP contribution in [0.2, 0.25) is 0 Å². The van der Waals surface area contributed by atoms with Crippen molar-refractivity contribution < 1.29 is 14.8 Å². The maximum atomic E-state index is 12.3. The predicted octanol–water partition coefficient (Wildman–Crippen LogP) is 2.66. The highest BCUT2D eigenvalue weighted by Crippen LogP contribution is 2.20. The molecule has 0 bridgehead atoms. The van der Waals surface area contributed by atoms with Gasteiger partial charge in [-0.3, -0.25) is 14.9 Å². The van der Waals surface area contributed by atoms with Crippen molar-refractivity contribution >= 4 is 23.4 Å². The van der Waals surface area contributed by atoms with E-state index in [1.807, 2.05) is 12.1 Å². The van der Waals surface area contributed by atoms with E-state index in [2.05, 4.69) is 4.90 Å². The van der Waals surface area contributed by atoms with Crippen LogP contribution in [0.1, 0.15) is 5.56 Å². The molecule has 1 heterocycles. The maximum Gasteiger partial charge on any atom is 0.269 e. The number of benzene rings is 2. The number of phenolic OH excluding ortho intramolecular Hbond substituents is 1. The van der Waals surface area contributed by atoms with E-state index >= 15 is 0 Å². The SMILES string of the molecule is O=C(/C=C/c1ccc([N+](=O)[O-])cc1)N1CCN(c2ccc(O)cc2)CC1. The van der Waals surface area contributed by atoms with E-state index in [-0.39, 0.29) is 17.3 Å². The van der Waals surface area contributed by atoms with Crippen LogP contribution in [-0.4, -0.2) is 47.0 Å². The highest BCUT2D eigenvalue weighted by Gasteiger charge is 2.19. The van der Waals surface area contributed by atoms with Gasteiger partial charge in [-0.1, -0.05) is 0 Å². The lowest BCUT2D eigenvalue weighted by Crippen LogP contribution is -2.48. The molecule has 134 valence electrons. The lowest BCUT2D eigenvalue weighted by molar-refractivity contribution is -0.384. The summed E-state index contributed by atoms with van der Waals surface area (Å²) < 4.78 is 0. The molecule has 7 heteroatoms. The zero-order valence-electron chi connectivity index (χ0n) is 14.1. The number of non-ortho nitro benzene ring substituents is 1. The second-order valence-corrected chi connectivity index (χ2v) is 6.01. The molecule has 2 aromatic rings. The average molecular weight is 353 g/mol. The smallest absolute Gasteiger partial charge is 0.269 e. The second-order valence-electron chi connectivity index (χ2n) is 6.01. The van der Waals surface area contributed by atoms with Gasteiger partial charge in [0.2, 0.25) is 5.91 Å². The Hall–Kier alpha value is -3.35. The Morgan fingerprint density at radius 1 is 1.00 bits per heavy atom. The average Bonchev–Trinajstić information content (AvgIpc) is 2.67. The molecule has 2 aromatic carbocycles. The molecule has 3 rings (SSSR count). The Morgan fingerprint density at radius 3 is 2.19 bits per heavy atom. The summed E-state index contributed by atoms with van der Waals surface area (Å²) in [6.07, 6.45) is 3.16. The number of hydrogen-bond acceptors (Lipinski definition) is 5. The van der Waals surface area contributed by atoms with Gasteiger partial charge in [-0.2, -0.15) is 0 Å². The van der Waals surface area contributed by atoms with Crippen LogP contribution in [0.5, 0.6) is 5.75 Å². The molecule has 1 amide bonds. The topological polar surface area (TPSA) is 86.9 Å². The van der Waals surface area contributed by atoms with E-state index in [0.29, 0.717) is 13.1 Å². The zero-order valence-corrected chi connectivity index (χ0v) is 14.1. The minimum atomic E-state index is -0.452. The normalized spacial score (nSPS) is 14.6. The number of carbonyl (C=O) groups excluding carboxylic acids is 1. The van der Waals surface area contributed by atoms with Crippen molar-refractivity contribution in [3.8, 4) is 5.75 Å². The van der Waals surface area contributed by atoms with Crippen molar-refractivity contribution in [2.75, 3.05) is 31.1 Å². The molecular weight excluding hydrogens is 334 g/mol. The van der Waals surface area contributed by atoms with Crippen molar-refractivity contribution in [1.29, 1.82) is 0 Å². The number of piperazine rings is 1. The summed E-state index contributed by atoms with van der Waals surface area (Å²) in [7, 11) is 0. The molecular formula is C19H19N3O4. The minimum absolute atomic E-state index is 0.0267. The number of amides is 1. The van der Waals surface area contributed by atoms with Gasteiger partial charge >= 0.3 is 0 Å². The van der Waals surface area contributed by atoms with E-state index in [9.17, 15) is 20.0 Å². The summed E-state index contributed by atoms with van der Waals surface area (Å²) in [5.41, 5.74) is 1.79. The van der Waals surface area contributed by atoms with E-state index < -0.39 is 4.92 Å². The molecule has 1 N–H and O–H groups in total. The number of rotatable bonds is 4. The van der Waals surface area contributed by atoms with Crippen molar-refractivity contribution in [3.63, 3.8) is 0 Å². The van der Waals surface area contributed by atoms with Gasteiger partial charge in [0.05, 0.1) is 4.92 Å². The summed E-state index contributed by atoms with van der Waals surface area (Å²) in [6.45, 7) is 2.68. The standard InChI is InChI=1S/C19H19N3O4/c23-18-8-6-16(7-9-18)20-11-13-21(14-12-20)19(24)10-3-15-1-4-17(5-2-15)22(25)26/h1-10,23H,11-14H2/b10-3+. The van der Waals surface area contributed by atoms with Gasteiger partial charge in [0.1, 0.15) is 5.75 Å². The van der Waals surface area contributed by atoms with Crippen LogP contribution >= 0.6 is 0 Å². The summed E-state index contributed by atoms with van der Waals surface area (Å²) in [4.78, 5) is 26.4. The number of aromatic hydroxyl groups is 1. The quantitative estimate of drug-likeness (QED) is 0.519. The van der Waals surface area contributed by atoms with Gasteiger partial charge < -0.3 is 14.9 Å². The first-order valence-corrected chi connectivity index (χ1v) is 8.28. The lowest BCUT2D eigenvalue weighted by atomic mass is 10.2. The minimum Gasteiger partial charge on any atom is -0.508 e. The van der Waals surface area contributed by atoms with Crippen LogP contribution in [0.25, 0.3) is 6.08 Å². The third kappa shape index (κ3) is 4.18. The molecule has 26 heavy (non-hydrogen) atoms. The fourth-order valence-corrected chi connectivity index (χ4v) is 2.83. The van der Waals surface area contributed by atoms with Gasteiger partial charge in [-0.25, -0.2) is 0 Å². The molecule has 1 aliphatic heterocycles. The predicted molar refractivity (Wildman–Crippen MR) is 99.0 cm³/mol. The first-order valence-electron chi connectivity index (χ1n) is 8.28. The number of nitro groups is 1. The second kappa shape index (κ2) is 7.69. The Kier molecular flexibility index (Phi) is 5.17. The van der Waals surface area contributed by atoms with E-state index in [0.717, 1.165) is 24.3 Å². The van der Waals surface area contributed by atoms with Gasteiger partial charge in [0.15, 0.2) is 0 Å². The molecule has 0 unspecified atom stereocenters. The summed E-state index contributed by atoms with van der Waals surface area (Å²) in [5, 5.41) is 20.0. The Labute approximate surface area is 150 Å².